The summed E-state index contributed by atoms with van der Waals surface area (Å²) in [6.45, 7) is 1.77. The second-order valence-electron chi connectivity index (χ2n) is 2.96. The first-order valence-electron chi connectivity index (χ1n) is 4.09. The number of carbonyl (C=O) groups is 2. The van der Waals surface area contributed by atoms with Crippen LogP contribution in [0.2, 0.25) is 0 Å². The monoisotopic (exact) mass is 272 g/mol. The van der Waals surface area contributed by atoms with Gasteiger partial charge in [0.1, 0.15) is 5.75 Å². The normalized spacial score (nSPS) is 9.80. The van der Waals surface area contributed by atoms with E-state index in [-0.39, 0.29) is 11.3 Å². The molecule has 1 N–H and O–H groups in total. The summed E-state index contributed by atoms with van der Waals surface area (Å²) in [6, 6.07) is 3.23. The lowest BCUT2D eigenvalue weighted by atomic mass is 10.1. The fourth-order valence-electron chi connectivity index (χ4n) is 1.22. The highest BCUT2D eigenvalue weighted by atomic mass is 79.9. The SMILES string of the molecule is COc1c(Br)cc(C)cc1C(=O)C(=O)O. The van der Waals surface area contributed by atoms with Crippen LogP contribution in [-0.2, 0) is 4.79 Å². The number of aryl methyl sites for hydroxylation is 1. The van der Waals surface area contributed by atoms with Crippen LogP contribution < -0.4 is 4.74 Å². The first-order chi connectivity index (χ1) is 6.97. The standard InChI is InChI=1S/C10H9BrO4/c1-5-3-6(8(12)10(13)14)9(15-2)7(11)4-5/h3-4H,1-2H3,(H,13,14). The molecule has 0 spiro atoms. The van der Waals surface area contributed by atoms with Crippen molar-refractivity contribution in [3.05, 3.63) is 27.7 Å². The van der Waals surface area contributed by atoms with Crippen LogP contribution in [0.1, 0.15) is 15.9 Å². The molecule has 0 saturated heterocycles. The number of methoxy groups -OCH3 is 1. The molecule has 1 rings (SSSR count). The molecule has 1 aromatic carbocycles. The number of benzene rings is 1. The maximum Gasteiger partial charge on any atom is 0.377 e. The van der Waals surface area contributed by atoms with E-state index in [9.17, 15) is 9.59 Å². The number of hydrogen-bond donors (Lipinski definition) is 1. The molecule has 80 valence electrons. The van der Waals surface area contributed by atoms with E-state index in [4.69, 9.17) is 9.84 Å². The zero-order valence-electron chi connectivity index (χ0n) is 8.20. The van der Waals surface area contributed by atoms with Crippen molar-refractivity contribution in [1.82, 2.24) is 0 Å². The molecule has 0 radical (unpaired) electrons. The van der Waals surface area contributed by atoms with Crippen LogP contribution in [0.4, 0.5) is 0 Å². The Hall–Kier alpha value is -1.36. The Morgan fingerprint density at radius 1 is 1.40 bits per heavy atom. The van der Waals surface area contributed by atoms with Gasteiger partial charge in [0.25, 0.3) is 5.78 Å². The molecule has 0 amide bonds. The van der Waals surface area contributed by atoms with Crippen LogP contribution in [0.3, 0.4) is 0 Å². The Kier molecular flexibility index (Phi) is 3.47. The van der Waals surface area contributed by atoms with Gasteiger partial charge in [-0.25, -0.2) is 4.79 Å². The van der Waals surface area contributed by atoms with Crippen molar-refractivity contribution in [2.75, 3.05) is 7.11 Å². The predicted octanol–water partition coefficient (Wildman–Crippen LogP) is 2.03. The van der Waals surface area contributed by atoms with Gasteiger partial charge in [-0.05, 0) is 40.5 Å². The van der Waals surface area contributed by atoms with Crippen molar-refractivity contribution >= 4 is 27.7 Å². The highest BCUT2D eigenvalue weighted by molar-refractivity contribution is 9.10. The molecule has 0 aromatic heterocycles. The fraction of sp³-hybridized carbons (Fsp3) is 0.200. The van der Waals surface area contributed by atoms with Crippen molar-refractivity contribution in [2.45, 2.75) is 6.92 Å². The number of carboxylic acid groups (broad SMARTS) is 1. The van der Waals surface area contributed by atoms with Gasteiger partial charge in [-0.2, -0.15) is 0 Å². The van der Waals surface area contributed by atoms with E-state index in [2.05, 4.69) is 15.9 Å². The van der Waals surface area contributed by atoms with E-state index in [1.165, 1.54) is 13.2 Å². The van der Waals surface area contributed by atoms with E-state index in [0.29, 0.717) is 4.47 Å². The molecular weight excluding hydrogens is 264 g/mol. The maximum atomic E-state index is 11.3. The van der Waals surface area contributed by atoms with Crippen molar-refractivity contribution in [1.29, 1.82) is 0 Å². The Morgan fingerprint density at radius 2 is 2.00 bits per heavy atom. The van der Waals surface area contributed by atoms with Crippen molar-refractivity contribution in [2.24, 2.45) is 0 Å². The molecule has 0 saturated carbocycles. The van der Waals surface area contributed by atoms with Crippen LogP contribution in [0, 0.1) is 6.92 Å². The molecular formula is C10H9BrO4. The molecule has 1 aromatic rings. The van der Waals surface area contributed by atoms with Crippen molar-refractivity contribution in [3.8, 4) is 5.75 Å². The number of rotatable bonds is 3. The van der Waals surface area contributed by atoms with E-state index >= 15 is 0 Å². The molecule has 0 aliphatic rings. The van der Waals surface area contributed by atoms with Crippen LogP contribution in [-0.4, -0.2) is 24.0 Å². The fourth-order valence-corrected chi connectivity index (χ4v) is 1.96. The highest BCUT2D eigenvalue weighted by Gasteiger charge is 2.21. The van der Waals surface area contributed by atoms with Gasteiger partial charge in [-0.15, -0.1) is 0 Å². The van der Waals surface area contributed by atoms with E-state index in [0.717, 1.165) is 5.56 Å². The summed E-state index contributed by atoms with van der Waals surface area (Å²) in [5.41, 5.74) is 0.837. The molecule has 4 nitrogen and oxygen atoms in total. The summed E-state index contributed by atoms with van der Waals surface area (Å²) in [4.78, 5) is 21.9. The number of carboxylic acids is 1. The van der Waals surface area contributed by atoms with Gasteiger partial charge in [0.2, 0.25) is 0 Å². The summed E-state index contributed by atoms with van der Waals surface area (Å²) in [7, 11) is 1.38. The number of aliphatic carboxylic acids is 1. The van der Waals surface area contributed by atoms with Gasteiger partial charge in [0, 0.05) is 0 Å². The molecule has 0 aliphatic carbocycles. The predicted molar refractivity (Wildman–Crippen MR) is 57.4 cm³/mol. The molecule has 0 aliphatic heterocycles. The smallest absolute Gasteiger partial charge is 0.377 e. The number of ether oxygens (including phenoxy) is 1. The average molecular weight is 273 g/mol. The summed E-state index contributed by atoms with van der Waals surface area (Å²) in [5.74, 6) is -2.23. The largest absolute Gasteiger partial charge is 0.495 e. The van der Waals surface area contributed by atoms with Crippen molar-refractivity contribution in [3.63, 3.8) is 0 Å². The third-order valence-electron chi connectivity index (χ3n) is 1.83. The number of ketones is 1. The second kappa shape index (κ2) is 4.44. The summed E-state index contributed by atoms with van der Waals surface area (Å²) in [6.07, 6.45) is 0. The topological polar surface area (TPSA) is 63.6 Å². The molecule has 15 heavy (non-hydrogen) atoms. The van der Waals surface area contributed by atoms with Crippen LogP contribution in [0.25, 0.3) is 0 Å². The molecule has 5 heteroatoms. The van der Waals surface area contributed by atoms with E-state index < -0.39 is 11.8 Å². The third kappa shape index (κ3) is 2.36. The molecule has 0 heterocycles. The van der Waals surface area contributed by atoms with Gasteiger partial charge < -0.3 is 9.84 Å². The van der Waals surface area contributed by atoms with Crippen molar-refractivity contribution < 1.29 is 19.4 Å². The summed E-state index contributed by atoms with van der Waals surface area (Å²) >= 11 is 3.21. The van der Waals surface area contributed by atoms with Gasteiger partial charge in [-0.3, -0.25) is 4.79 Å². The lowest BCUT2D eigenvalue weighted by Crippen LogP contribution is -2.14. The Balaban J connectivity index is 3.38. The summed E-state index contributed by atoms with van der Waals surface area (Å²) < 4.78 is 5.54. The van der Waals surface area contributed by atoms with Gasteiger partial charge in [0.05, 0.1) is 17.1 Å². The average Bonchev–Trinajstić information content (AvgIpc) is 2.15. The van der Waals surface area contributed by atoms with Crippen LogP contribution in [0.15, 0.2) is 16.6 Å². The Bertz CT molecular complexity index is 426. The minimum absolute atomic E-state index is 0.0527. The number of carbonyl (C=O) groups excluding carboxylic acids is 1. The van der Waals surface area contributed by atoms with Gasteiger partial charge >= 0.3 is 5.97 Å². The number of halogens is 1. The maximum absolute atomic E-state index is 11.3. The second-order valence-corrected chi connectivity index (χ2v) is 3.82. The van der Waals surface area contributed by atoms with Gasteiger partial charge in [-0.1, -0.05) is 0 Å². The molecule has 0 fully saturated rings. The van der Waals surface area contributed by atoms with Crippen LogP contribution >= 0.6 is 15.9 Å². The quantitative estimate of drug-likeness (QED) is 0.676. The number of hydrogen-bond acceptors (Lipinski definition) is 3. The minimum Gasteiger partial charge on any atom is -0.495 e. The Morgan fingerprint density at radius 3 is 2.47 bits per heavy atom. The van der Waals surface area contributed by atoms with E-state index in [1.54, 1.807) is 13.0 Å². The molecule has 0 bridgehead atoms. The lowest BCUT2D eigenvalue weighted by molar-refractivity contribution is -0.131. The highest BCUT2D eigenvalue weighted by Crippen LogP contribution is 2.30. The van der Waals surface area contributed by atoms with Gasteiger partial charge in [0.15, 0.2) is 0 Å². The van der Waals surface area contributed by atoms with E-state index in [1.807, 2.05) is 0 Å². The first kappa shape index (κ1) is 11.7. The zero-order chi connectivity index (χ0) is 11.6. The molecule has 0 unspecified atom stereocenters. The number of Topliss-reactive ketones (excluding diaryl/α,β-unsaturated/α-hetero) is 1. The third-order valence-corrected chi connectivity index (χ3v) is 2.42. The van der Waals surface area contributed by atoms with Crippen LogP contribution in [0.5, 0.6) is 5.75 Å². The summed E-state index contributed by atoms with van der Waals surface area (Å²) in [5, 5.41) is 8.62. The molecule has 0 atom stereocenters. The minimum atomic E-state index is -1.49. The lowest BCUT2D eigenvalue weighted by Gasteiger charge is -2.08. The zero-order valence-corrected chi connectivity index (χ0v) is 9.79. The Labute approximate surface area is 95.0 Å². The first-order valence-corrected chi connectivity index (χ1v) is 4.88.